The summed E-state index contributed by atoms with van der Waals surface area (Å²) in [5.74, 6) is 2.66. The van der Waals surface area contributed by atoms with Crippen LogP contribution in [0.5, 0.6) is 34.9 Å². The van der Waals surface area contributed by atoms with E-state index in [4.69, 9.17) is 57.6 Å². The first-order valence-corrected chi connectivity index (χ1v) is 47.3. The molecule has 6 aliphatic heterocycles. The fourth-order valence-electron chi connectivity index (χ4n) is 21.1. The number of hydrogen-bond acceptors (Lipinski definition) is 21. The smallest absolute Gasteiger partial charge is 0.408 e. The minimum absolute atomic E-state index is 0. The Kier molecular flexibility index (Phi) is 35.8. The number of rotatable bonds is 8. The Hall–Kier alpha value is -8.33. The summed E-state index contributed by atoms with van der Waals surface area (Å²) in [7, 11) is 4.88. The normalized spacial score (nSPS) is 29.9. The molecule has 3 saturated heterocycles. The van der Waals surface area contributed by atoms with Crippen molar-refractivity contribution in [2.45, 2.75) is 329 Å². The van der Waals surface area contributed by atoms with E-state index in [9.17, 15) is 43.2 Å². The molecular weight excluding hydrogens is 1790 g/mol. The molecule has 9 aliphatic rings. The number of ether oxygens (including phenoxy) is 9. The van der Waals surface area contributed by atoms with E-state index in [2.05, 4.69) is 53.0 Å². The van der Waals surface area contributed by atoms with Gasteiger partial charge < -0.3 is 87.7 Å². The Morgan fingerprint density at radius 1 is 0.409 bits per heavy atom. The number of fused-ring (bicyclic) bond motifs is 15. The van der Waals surface area contributed by atoms with Gasteiger partial charge in [0.2, 0.25) is 35.4 Å². The fourth-order valence-corrected chi connectivity index (χ4v) is 21.1. The van der Waals surface area contributed by atoms with Crippen LogP contribution in [0.15, 0.2) is 72.8 Å². The minimum atomic E-state index is -0.897. The molecule has 3 aromatic heterocycles. The van der Waals surface area contributed by atoms with Crippen molar-refractivity contribution in [2.75, 3.05) is 41.0 Å². The van der Waals surface area contributed by atoms with Gasteiger partial charge in [0.1, 0.15) is 70.5 Å². The fraction of sp³-hybridized carbons (Fsp3) is 0.647. The maximum absolute atomic E-state index is 14.2. The second-order valence-electron chi connectivity index (χ2n) is 41.5. The van der Waals surface area contributed by atoms with Crippen molar-refractivity contribution in [1.29, 1.82) is 0 Å². The zero-order chi connectivity index (χ0) is 92.8. The number of amides is 6. The number of methoxy groups -OCH3 is 3. The zero-order valence-electron chi connectivity index (χ0n) is 80.6. The second-order valence-corrected chi connectivity index (χ2v) is 41.5. The zero-order valence-corrected chi connectivity index (χ0v) is 84.7. The average Bonchev–Trinajstić information content (AvgIpc) is 1.61. The van der Waals surface area contributed by atoms with Crippen LogP contribution in [0, 0.1) is 51.8 Å². The molecule has 9 heterocycles. The number of pyridine rings is 3. The first kappa shape index (κ1) is 106. The van der Waals surface area contributed by atoms with Crippen LogP contribution in [0.1, 0.15) is 255 Å². The van der Waals surface area contributed by atoms with Gasteiger partial charge in [-0.05, 0) is 224 Å². The van der Waals surface area contributed by atoms with Crippen molar-refractivity contribution in [3.05, 3.63) is 89.5 Å². The van der Waals surface area contributed by atoms with Gasteiger partial charge in [-0.3, -0.25) is 14.4 Å². The second kappa shape index (κ2) is 44.7. The monoisotopic (exact) mass is 1930 g/mol. The Labute approximate surface area is 815 Å². The molecule has 132 heavy (non-hydrogen) atoms. The van der Waals surface area contributed by atoms with Gasteiger partial charge in [-0.1, -0.05) is 153 Å². The largest absolute Gasteiger partial charge is 0.540 e. The first-order valence-electron chi connectivity index (χ1n) is 47.3. The Balaban J connectivity index is 0.000000203. The SMILES string of the molecule is CC[C@@H]1[C@@H]2CN(C(=O)[C@H](C(C)(C)C)NC(=O)O[C@]3(C)CCC[C@H]3CCCCCc3cc4ccc(OC)cc4nc3O2)[C@@H]1[C-]=O.CC[C@@H]1[C@@H]2CN(C(=O)[C@H](C(C)(C)C)NC(=O)O[C@]3(C)C[C@H]3CCCCCc3cc4ccc(OC)cc4nc3O2)[C@@H]1[C-]=O.COc1ccc2cc3c(nc2c1)O[C@H]1CN(C(=O)[C@H](C(C)(C)C)NC(=O)O[C@]2(C)CCC[C@H]2CCCCC3)[C@H]([C-]=O)[C@@H]1C.[V].[V].[V]. The van der Waals surface area contributed by atoms with Crippen LogP contribution >= 0.6 is 0 Å². The van der Waals surface area contributed by atoms with E-state index in [1.165, 1.54) is 14.7 Å². The summed E-state index contributed by atoms with van der Waals surface area (Å²) >= 11 is 0. The van der Waals surface area contributed by atoms with Crippen LogP contribution in [0.4, 0.5) is 14.4 Å². The molecule has 6 bridgehead atoms. The van der Waals surface area contributed by atoms with Gasteiger partial charge in [0.15, 0.2) is 0 Å². The number of hydrogen-bond donors (Lipinski definition) is 3. The number of nitrogens with one attached hydrogen (secondary N) is 3. The summed E-state index contributed by atoms with van der Waals surface area (Å²) in [6, 6.07) is 18.8. The molecule has 27 nitrogen and oxygen atoms in total. The summed E-state index contributed by atoms with van der Waals surface area (Å²) in [6.07, 6.45) is 25.3. The van der Waals surface area contributed by atoms with Crippen molar-refractivity contribution in [2.24, 2.45) is 51.8 Å². The Morgan fingerprint density at radius 2 is 0.712 bits per heavy atom. The number of carbonyl (C=O) groups is 6. The number of aryl methyl sites for hydroxylation is 3. The number of alkyl carbamates (subject to hydrolysis) is 3. The molecule has 0 spiro atoms. The standard InChI is InChI=1S/C35H48N3O6.C34H46N3O6.C33H44N3O6.3V/c1-7-26-28(21-39)38-20-29(26)43-31-23(18-22-15-16-25(42-6)19-27(22)36-31)12-9-8-10-13-24-14-11-17-35(24,5)44-33(41)37-30(32(38)40)34(2,3)4;1-21-27(20-38)37-19-28(21)42-30-23(17-22-14-15-25(41-6)18-26(22)35-30)11-8-7-9-12-24-13-10-16-34(24,5)43-32(40)36-29(31(37)39)33(2,3)4;1-7-24-26(19-37)36-18-27(24)41-29-21(15-20-13-14-23(40-6)16-25(20)34-29)11-9-8-10-12-22-17-33(22,5)42-31(39)35-28(30(36)38)32(2,3)4;;;/h15-16,18-19,24,26,28-30H,7-14,17,20H2,1-6H3,(H,37,41);14-15,17-18,21,24,27-29H,7-13,16,19H2,1-6H3,(H,36,40);13-16,22,24,26-28H,7-12,17-18H2,1-6H3,(H,35,39);;;/q3*-1;;;/t24-,26+,28-,29+,30-,35-;21-,24+,27+,28-,29+,34+;22-,24+,26-,27+,28-,33-;;;/m101.../s1. The molecule has 6 amide bonds. The third-order valence-electron chi connectivity index (χ3n) is 29.3. The van der Waals surface area contributed by atoms with Gasteiger partial charge in [0, 0.05) is 113 Å². The molecule has 3 aromatic carbocycles. The number of nitrogens with zero attached hydrogens (tertiary/aromatic N) is 6. The van der Waals surface area contributed by atoms with Gasteiger partial charge in [-0.15, -0.1) is 0 Å². The van der Waals surface area contributed by atoms with Crippen LogP contribution in [-0.4, -0.2) is 197 Å². The average molecular weight is 1930 g/mol. The van der Waals surface area contributed by atoms with Crippen molar-refractivity contribution < 1.29 is 141 Å². The molecule has 15 rings (SSSR count). The molecule has 3 aliphatic carbocycles. The Bertz CT molecular complexity index is 5060. The summed E-state index contributed by atoms with van der Waals surface area (Å²) in [5.41, 5.74) is 1.77. The third-order valence-corrected chi connectivity index (χ3v) is 29.3. The maximum Gasteiger partial charge on any atom is 0.408 e. The number of carbonyl (C=O) groups excluding carboxylic acids is 9. The molecule has 30 heteroatoms. The Morgan fingerprint density at radius 3 is 1.03 bits per heavy atom. The van der Waals surface area contributed by atoms with E-state index < -0.39 is 106 Å². The van der Waals surface area contributed by atoms with Crippen LogP contribution in [-0.2, 0) is 118 Å². The summed E-state index contributed by atoms with van der Waals surface area (Å²) in [6.45, 7) is 29.6. The number of benzene rings is 3. The van der Waals surface area contributed by atoms with Crippen molar-refractivity contribution in [1.82, 2.24) is 45.6 Å². The van der Waals surface area contributed by atoms with Crippen LogP contribution in [0.25, 0.3) is 32.7 Å². The molecule has 3 radical (unpaired) electrons. The minimum Gasteiger partial charge on any atom is -0.540 e. The molecule has 3 saturated carbocycles. The van der Waals surface area contributed by atoms with Gasteiger partial charge in [0.05, 0.1) is 57.5 Å². The molecule has 717 valence electrons. The van der Waals surface area contributed by atoms with E-state index >= 15 is 0 Å². The third kappa shape index (κ3) is 24.2. The topological polar surface area (TPSA) is 321 Å². The maximum atomic E-state index is 14.2. The molecule has 18 atom stereocenters. The predicted molar refractivity (Wildman–Crippen MR) is 492 cm³/mol. The van der Waals surface area contributed by atoms with E-state index in [1.807, 2.05) is 158 Å². The molecular formula is C102H138N9O18V3-3. The summed E-state index contributed by atoms with van der Waals surface area (Å²) in [4.78, 5) is 139. The molecule has 6 aromatic rings. The predicted octanol–water partition coefficient (Wildman–Crippen LogP) is 17.3. The van der Waals surface area contributed by atoms with Crippen molar-refractivity contribution >= 4 is 87.6 Å². The van der Waals surface area contributed by atoms with Gasteiger partial charge in [0.25, 0.3) is 0 Å². The first-order chi connectivity index (χ1) is 61.4. The van der Waals surface area contributed by atoms with Gasteiger partial charge in [-0.25, -0.2) is 48.2 Å². The number of aromatic nitrogens is 3. The van der Waals surface area contributed by atoms with E-state index in [0.717, 1.165) is 191 Å². The van der Waals surface area contributed by atoms with Gasteiger partial charge >= 0.3 is 18.3 Å². The molecule has 3 N–H and O–H groups in total. The summed E-state index contributed by atoms with van der Waals surface area (Å²) < 4.78 is 54.3. The molecule has 0 unspecified atom stereocenters. The van der Waals surface area contributed by atoms with E-state index in [0.29, 0.717) is 53.6 Å². The van der Waals surface area contributed by atoms with Crippen molar-refractivity contribution in [3.8, 4) is 34.9 Å². The van der Waals surface area contributed by atoms with E-state index in [1.54, 1.807) is 21.3 Å². The molecule has 6 fully saturated rings. The van der Waals surface area contributed by atoms with Crippen LogP contribution in [0.2, 0.25) is 0 Å². The van der Waals surface area contributed by atoms with E-state index in [-0.39, 0.29) is 123 Å². The van der Waals surface area contributed by atoms with Crippen LogP contribution < -0.4 is 44.4 Å². The van der Waals surface area contributed by atoms with Crippen LogP contribution in [0.3, 0.4) is 0 Å². The van der Waals surface area contributed by atoms with Gasteiger partial charge in [-0.2, -0.15) is 0 Å². The van der Waals surface area contributed by atoms with Crippen molar-refractivity contribution in [3.63, 3.8) is 0 Å². The summed E-state index contributed by atoms with van der Waals surface area (Å²) in [5, 5.41) is 11.7. The quantitative estimate of drug-likeness (QED) is 0.0941.